The zero-order valence-corrected chi connectivity index (χ0v) is 14.0. The maximum atomic E-state index is 12.6. The van der Waals surface area contributed by atoms with E-state index in [9.17, 15) is 13.2 Å². The van der Waals surface area contributed by atoms with Crippen molar-refractivity contribution in [2.75, 3.05) is 18.6 Å². The molecule has 0 saturated carbocycles. The molecule has 5 nitrogen and oxygen atoms in total. The van der Waals surface area contributed by atoms with Crippen LogP contribution >= 0.6 is 27.7 Å². The van der Waals surface area contributed by atoms with Gasteiger partial charge in [-0.3, -0.25) is 0 Å². The molecule has 1 fully saturated rings. The summed E-state index contributed by atoms with van der Waals surface area (Å²) in [5, 5.41) is 8.90. The van der Waals surface area contributed by atoms with Crippen LogP contribution in [0.5, 0.6) is 0 Å². The Morgan fingerprint density at radius 2 is 2.20 bits per heavy atom. The van der Waals surface area contributed by atoms with Crippen LogP contribution in [0.1, 0.15) is 16.8 Å². The molecule has 1 N–H and O–H groups in total. The average Bonchev–Trinajstić information content (AvgIpc) is 2.90. The maximum Gasteiger partial charge on any atom is 0.335 e. The van der Waals surface area contributed by atoms with Gasteiger partial charge in [-0.25, -0.2) is 13.2 Å². The molecule has 0 aromatic heterocycles. The van der Waals surface area contributed by atoms with E-state index in [4.69, 9.17) is 5.11 Å². The van der Waals surface area contributed by atoms with E-state index in [1.165, 1.54) is 22.5 Å². The summed E-state index contributed by atoms with van der Waals surface area (Å²) in [5.74, 6) is 0.666. The van der Waals surface area contributed by atoms with E-state index in [-0.39, 0.29) is 21.0 Å². The molecule has 1 atom stereocenters. The number of nitrogens with zero attached hydrogens (tertiary/aromatic N) is 1. The SMILES string of the molecule is CN(C1CCSC1)S(=O)(=O)c1ccc(C(=O)O)cc1Br. The van der Waals surface area contributed by atoms with Crippen molar-refractivity contribution in [2.24, 2.45) is 0 Å². The normalized spacial score (nSPS) is 19.4. The van der Waals surface area contributed by atoms with Crippen molar-refractivity contribution in [1.29, 1.82) is 0 Å². The molecule has 0 bridgehead atoms. The molecule has 110 valence electrons. The van der Waals surface area contributed by atoms with E-state index in [2.05, 4.69) is 15.9 Å². The van der Waals surface area contributed by atoms with Gasteiger partial charge in [-0.05, 0) is 46.3 Å². The Kier molecular flexibility index (Phi) is 4.78. The first-order chi connectivity index (χ1) is 9.34. The summed E-state index contributed by atoms with van der Waals surface area (Å²) in [5.41, 5.74) is 0.0508. The molecule has 1 aromatic rings. The summed E-state index contributed by atoms with van der Waals surface area (Å²) in [6, 6.07) is 3.95. The third-order valence-corrected chi connectivity index (χ3v) is 7.29. The van der Waals surface area contributed by atoms with Gasteiger partial charge >= 0.3 is 5.97 Å². The lowest BCUT2D eigenvalue weighted by molar-refractivity contribution is 0.0696. The third-order valence-electron chi connectivity index (χ3n) is 3.26. The maximum absolute atomic E-state index is 12.6. The summed E-state index contributed by atoms with van der Waals surface area (Å²) < 4.78 is 26.8. The first-order valence-electron chi connectivity index (χ1n) is 5.92. The van der Waals surface area contributed by atoms with Crippen molar-refractivity contribution in [3.05, 3.63) is 28.2 Å². The van der Waals surface area contributed by atoms with Gasteiger partial charge in [0.2, 0.25) is 10.0 Å². The van der Waals surface area contributed by atoms with Crippen molar-refractivity contribution in [3.8, 4) is 0 Å². The lowest BCUT2D eigenvalue weighted by Gasteiger charge is -2.23. The van der Waals surface area contributed by atoms with Crippen LogP contribution in [0.25, 0.3) is 0 Å². The number of benzene rings is 1. The lowest BCUT2D eigenvalue weighted by Crippen LogP contribution is -2.37. The Morgan fingerprint density at radius 3 is 2.70 bits per heavy atom. The number of thioether (sulfide) groups is 1. The number of carbonyl (C=O) groups is 1. The standard InChI is InChI=1S/C12H14BrNO4S2/c1-14(9-4-5-19-7-9)20(17,18)11-3-2-8(12(15)16)6-10(11)13/h2-3,6,9H,4-5,7H2,1H3,(H,15,16). The quantitative estimate of drug-likeness (QED) is 0.868. The highest BCUT2D eigenvalue weighted by atomic mass is 79.9. The van der Waals surface area contributed by atoms with Gasteiger partial charge in [0.05, 0.1) is 10.5 Å². The zero-order chi connectivity index (χ0) is 14.9. The Labute approximate surface area is 130 Å². The van der Waals surface area contributed by atoms with Gasteiger partial charge in [-0.15, -0.1) is 0 Å². The molecule has 0 radical (unpaired) electrons. The molecule has 0 aliphatic carbocycles. The van der Waals surface area contributed by atoms with Gasteiger partial charge < -0.3 is 5.11 Å². The van der Waals surface area contributed by atoms with E-state index in [0.29, 0.717) is 0 Å². The molecule has 2 rings (SSSR count). The summed E-state index contributed by atoms with van der Waals surface area (Å²) in [6.45, 7) is 0. The first-order valence-corrected chi connectivity index (χ1v) is 9.31. The van der Waals surface area contributed by atoms with Gasteiger partial charge in [0, 0.05) is 23.3 Å². The topological polar surface area (TPSA) is 74.7 Å². The van der Waals surface area contributed by atoms with Crippen LogP contribution in [0.15, 0.2) is 27.6 Å². The molecule has 1 aromatic carbocycles. The smallest absolute Gasteiger partial charge is 0.335 e. The predicted octanol–water partition coefficient (Wildman–Crippen LogP) is 2.27. The van der Waals surface area contributed by atoms with Crippen LogP contribution in [-0.2, 0) is 10.0 Å². The fourth-order valence-corrected chi connectivity index (χ4v) is 5.79. The van der Waals surface area contributed by atoms with E-state index in [1.807, 2.05) is 0 Å². The molecule has 8 heteroatoms. The second-order valence-corrected chi connectivity index (χ2v) is 8.46. The second kappa shape index (κ2) is 6.05. The molecule has 0 spiro atoms. The molecule has 20 heavy (non-hydrogen) atoms. The number of rotatable bonds is 4. The summed E-state index contributed by atoms with van der Waals surface area (Å²) in [4.78, 5) is 11.0. The van der Waals surface area contributed by atoms with E-state index in [1.54, 1.807) is 18.8 Å². The van der Waals surface area contributed by atoms with Crippen LogP contribution in [0, 0.1) is 0 Å². The number of carboxylic acids is 1. The number of halogens is 1. The first kappa shape index (κ1) is 15.8. The summed E-state index contributed by atoms with van der Waals surface area (Å²) >= 11 is 4.89. The van der Waals surface area contributed by atoms with E-state index in [0.717, 1.165) is 17.9 Å². The second-order valence-electron chi connectivity index (χ2n) is 4.49. The Hall–Kier alpha value is -0.570. The molecule has 1 heterocycles. The molecule has 1 unspecified atom stereocenters. The van der Waals surface area contributed by atoms with Crippen molar-refractivity contribution in [3.63, 3.8) is 0 Å². The van der Waals surface area contributed by atoms with Gasteiger partial charge in [0.25, 0.3) is 0 Å². The molecular formula is C12H14BrNO4S2. The third kappa shape index (κ3) is 3.03. The minimum atomic E-state index is -3.62. The van der Waals surface area contributed by atoms with Gasteiger partial charge in [-0.2, -0.15) is 16.1 Å². The zero-order valence-electron chi connectivity index (χ0n) is 10.7. The van der Waals surface area contributed by atoms with Crippen LogP contribution in [0.2, 0.25) is 0 Å². The van der Waals surface area contributed by atoms with Crippen LogP contribution in [-0.4, -0.2) is 48.4 Å². The van der Waals surface area contributed by atoms with Gasteiger partial charge in [0.1, 0.15) is 0 Å². The van der Waals surface area contributed by atoms with Gasteiger partial charge in [0.15, 0.2) is 0 Å². The lowest BCUT2D eigenvalue weighted by atomic mass is 10.2. The minimum Gasteiger partial charge on any atom is -0.478 e. The number of hydrogen-bond acceptors (Lipinski definition) is 4. The predicted molar refractivity (Wildman–Crippen MR) is 81.8 cm³/mol. The molecular weight excluding hydrogens is 366 g/mol. The number of carboxylic acid groups (broad SMARTS) is 1. The minimum absolute atomic E-state index is 0.00366. The Balaban J connectivity index is 2.36. The monoisotopic (exact) mass is 379 g/mol. The Morgan fingerprint density at radius 1 is 1.50 bits per heavy atom. The molecule has 1 aliphatic rings. The summed E-state index contributed by atoms with van der Waals surface area (Å²) in [6.07, 6.45) is 0.839. The molecule has 1 saturated heterocycles. The van der Waals surface area contributed by atoms with Gasteiger partial charge in [-0.1, -0.05) is 0 Å². The highest BCUT2D eigenvalue weighted by molar-refractivity contribution is 9.10. The molecule has 0 amide bonds. The fourth-order valence-electron chi connectivity index (χ4n) is 2.00. The largest absolute Gasteiger partial charge is 0.478 e. The van der Waals surface area contributed by atoms with Crippen LogP contribution in [0.3, 0.4) is 0 Å². The van der Waals surface area contributed by atoms with Crippen molar-refractivity contribution in [2.45, 2.75) is 17.4 Å². The van der Waals surface area contributed by atoms with Crippen LogP contribution in [0.4, 0.5) is 0 Å². The van der Waals surface area contributed by atoms with Crippen molar-refractivity contribution < 1.29 is 18.3 Å². The Bertz CT molecular complexity index is 626. The fraction of sp³-hybridized carbons (Fsp3) is 0.417. The number of aromatic carboxylic acids is 1. The highest BCUT2D eigenvalue weighted by Gasteiger charge is 2.31. The highest BCUT2D eigenvalue weighted by Crippen LogP contribution is 2.30. The number of hydrogen-bond donors (Lipinski definition) is 1. The van der Waals surface area contributed by atoms with Crippen molar-refractivity contribution in [1.82, 2.24) is 4.31 Å². The summed E-state index contributed by atoms with van der Waals surface area (Å²) in [7, 11) is -2.04. The van der Waals surface area contributed by atoms with Crippen LogP contribution < -0.4 is 0 Å². The van der Waals surface area contributed by atoms with E-state index < -0.39 is 16.0 Å². The van der Waals surface area contributed by atoms with E-state index >= 15 is 0 Å². The molecule has 1 aliphatic heterocycles. The number of sulfonamides is 1. The van der Waals surface area contributed by atoms with Crippen molar-refractivity contribution >= 4 is 43.7 Å². The average molecular weight is 380 g/mol.